The van der Waals surface area contributed by atoms with Crippen LogP contribution in [0.1, 0.15) is 48.6 Å². The lowest BCUT2D eigenvalue weighted by Crippen LogP contribution is -2.09. The van der Waals surface area contributed by atoms with E-state index in [1.165, 1.54) is 14.0 Å². The Bertz CT molecular complexity index is 1310. The zero-order valence-electron chi connectivity index (χ0n) is 19.0. The van der Waals surface area contributed by atoms with Crippen molar-refractivity contribution in [2.45, 2.75) is 32.7 Å². The van der Waals surface area contributed by atoms with Crippen LogP contribution in [0.3, 0.4) is 0 Å². The quantitative estimate of drug-likeness (QED) is 0.376. The number of methoxy groups -OCH3 is 1. The van der Waals surface area contributed by atoms with Crippen LogP contribution in [0.15, 0.2) is 58.3 Å². The number of pyridine rings is 1. The molecule has 0 unspecified atom stereocenters. The first kappa shape index (κ1) is 25.7. The van der Waals surface area contributed by atoms with Crippen molar-refractivity contribution in [1.29, 1.82) is 0 Å². The maximum Gasteiger partial charge on any atom is 0.305 e. The van der Waals surface area contributed by atoms with Crippen molar-refractivity contribution in [3.8, 4) is 5.69 Å². The van der Waals surface area contributed by atoms with Crippen LogP contribution in [-0.4, -0.2) is 52.0 Å². The number of benzene rings is 1. The molecule has 1 N–H and O–H groups in total. The summed E-state index contributed by atoms with van der Waals surface area (Å²) in [6.07, 6.45) is 4.38. The zero-order chi connectivity index (χ0) is 24.9. The number of halogens is 1. The van der Waals surface area contributed by atoms with E-state index in [0.717, 1.165) is 38.6 Å². The summed E-state index contributed by atoms with van der Waals surface area (Å²) in [6, 6.07) is 11.6. The fourth-order valence-electron chi connectivity index (χ4n) is 3.44. The van der Waals surface area contributed by atoms with Gasteiger partial charge in [-0.3, -0.25) is 23.9 Å². The van der Waals surface area contributed by atoms with E-state index >= 15 is 0 Å². The molecule has 3 heterocycles. The Morgan fingerprint density at radius 1 is 1.24 bits per heavy atom. The lowest BCUT2D eigenvalue weighted by molar-refractivity contribution is -0.140. The zero-order valence-corrected chi connectivity index (χ0v) is 21.4. The molecule has 11 heteroatoms. The number of aliphatic imine (C=N–C) groups is 1. The van der Waals surface area contributed by atoms with Crippen LogP contribution < -0.4 is 0 Å². The number of fused-ring (bicyclic) bond motifs is 3. The number of carbonyl (C=O) groups excluding carboxylic acids is 1. The first-order valence-electron chi connectivity index (χ1n) is 10.5. The van der Waals surface area contributed by atoms with Gasteiger partial charge in [-0.2, -0.15) is 8.42 Å². The summed E-state index contributed by atoms with van der Waals surface area (Å²) in [5.41, 5.74) is 4.55. The molecule has 34 heavy (non-hydrogen) atoms. The number of ether oxygens (including phenoxy) is 1. The molecular weight excluding hydrogens is 524 g/mol. The van der Waals surface area contributed by atoms with E-state index in [-0.39, 0.29) is 24.2 Å². The fourth-order valence-corrected chi connectivity index (χ4v) is 3.80. The van der Waals surface area contributed by atoms with Gasteiger partial charge in [-0.05, 0) is 50.6 Å². The third-order valence-corrected chi connectivity index (χ3v) is 6.35. The van der Waals surface area contributed by atoms with E-state index in [9.17, 15) is 13.2 Å². The van der Waals surface area contributed by atoms with Crippen LogP contribution in [-0.2, 0) is 19.6 Å². The molecule has 0 radical (unpaired) electrons. The minimum Gasteiger partial charge on any atom is -0.469 e. The highest BCUT2D eigenvalue weighted by molar-refractivity contribution is 9.10. The molecule has 0 saturated carbocycles. The van der Waals surface area contributed by atoms with Gasteiger partial charge in [-0.25, -0.2) is 4.98 Å². The number of aryl methyl sites for hydroxylation is 1. The summed E-state index contributed by atoms with van der Waals surface area (Å²) < 4.78 is 34.8. The minimum atomic E-state index is -3.66. The molecule has 1 aliphatic heterocycles. The first-order valence-corrected chi connectivity index (χ1v) is 12.9. The molecule has 0 fully saturated rings. The average molecular weight is 549 g/mol. The van der Waals surface area contributed by atoms with Crippen LogP contribution in [0, 0.1) is 6.92 Å². The standard InChI is InChI=1S/C21H19BrN4O2.C2H6O3S/c1-13-12-24-21-17(7-9-19(27)28-2)25-20(16-5-3-4-10-23-16)15-11-14(22)6-8-18(15)26(13)21;1-2-6(3,4)5/h3-6,8,10-12,17H,7,9H2,1-2H3;2H2,1H3,(H,3,4,5)/t17-;/m0./s1. The van der Waals surface area contributed by atoms with E-state index in [1.807, 2.05) is 37.4 Å². The van der Waals surface area contributed by atoms with E-state index in [0.29, 0.717) is 6.42 Å². The monoisotopic (exact) mass is 548 g/mol. The van der Waals surface area contributed by atoms with Crippen molar-refractivity contribution in [1.82, 2.24) is 14.5 Å². The molecule has 0 saturated heterocycles. The number of hydrogen-bond acceptors (Lipinski definition) is 7. The second-order valence-corrected chi connectivity index (χ2v) is 10.1. The van der Waals surface area contributed by atoms with Gasteiger partial charge in [0.2, 0.25) is 0 Å². The van der Waals surface area contributed by atoms with Gasteiger partial charge in [-0.15, -0.1) is 0 Å². The minimum absolute atomic E-state index is 0.201. The average Bonchev–Trinajstić information content (AvgIpc) is 3.14. The number of hydrogen-bond donors (Lipinski definition) is 1. The number of rotatable bonds is 5. The van der Waals surface area contributed by atoms with Crippen molar-refractivity contribution in [3.05, 3.63) is 76.0 Å². The van der Waals surface area contributed by atoms with Gasteiger partial charge in [0.15, 0.2) is 0 Å². The summed E-state index contributed by atoms with van der Waals surface area (Å²) in [5.74, 6) is 0.359. The van der Waals surface area contributed by atoms with Crippen LogP contribution in [0.25, 0.3) is 5.69 Å². The third-order valence-electron chi connectivity index (χ3n) is 5.12. The van der Waals surface area contributed by atoms with Crippen LogP contribution in [0.2, 0.25) is 0 Å². The summed E-state index contributed by atoms with van der Waals surface area (Å²) in [4.78, 5) is 25.9. The molecule has 1 aliphatic rings. The van der Waals surface area contributed by atoms with Crippen molar-refractivity contribution < 1.29 is 22.5 Å². The molecule has 0 bridgehead atoms. The van der Waals surface area contributed by atoms with Crippen LogP contribution in [0.4, 0.5) is 0 Å². The van der Waals surface area contributed by atoms with Gasteiger partial charge in [0.1, 0.15) is 11.9 Å². The molecule has 1 aromatic carbocycles. The Kier molecular flexibility index (Phi) is 8.34. The highest BCUT2D eigenvalue weighted by Crippen LogP contribution is 2.34. The van der Waals surface area contributed by atoms with Crippen LogP contribution >= 0.6 is 15.9 Å². The van der Waals surface area contributed by atoms with Crippen LogP contribution in [0.5, 0.6) is 0 Å². The Hall–Kier alpha value is -2.89. The maximum atomic E-state index is 11.8. The molecule has 180 valence electrons. The number of nitrogens with zero attached hydrogens (tertiary/aromatic N) is 4. The van der Waals surface area contributed by atoms with Crippen molar-refractivity contribution in [2.24, 2.45) is 4.99 Å². The van der Waals surface area contributed by atoms with E-state index < -0.39 is 10.1 Å². The fraction of sp³-hybridized carbons (Fsp3) is 0.304. The topological polar surface area (TPSA) is 124 Å². The molecule has 0 spiro atoms. The lowest BCUT2D eigenvalue weighted by atomic mass is 10.0. The second-order valence-electron chi connectivity index (χ2n) is 7.45. The number of imidazole rings is 1. The Morgan fingerprint density at radius 2 is 1.97 bits per heavy atom. The second kappa shape index (κ2) is 11.0. The molecular formula is C23H25BrN4O5S. The number of aromatic nitrogens is 3. The van der Waals surface area contributed by atoms with Gasteiger partial charge in [0.25, 0.3) is 10.1 Å². The molecule has 0 amide bonds. The first-order chi connectivity index (χ1) is 16.1. The molecule has 2 aromatic heterocycles. The van der Waals surface area contributed by atoms with E-state index in [1.54, 1.807) is 6.20 Å². The normalized spacial score (nSPS) is 14.6. The number of carbonyl (C=O) groups is 1. The van der Waals surface area contributed by atoms with Gasteiger partial charge in [-0.1, -0.05) is 22.0 Å². The predicted octanol–water partition coefficient (Wildman–Crippen LogP) is 4.08. The molecule has 1 atom stereocenters. The predicted molar refractivity (Wildman–Crippen MR) is 132 cm³/mol. The van der Waals surface area contributed by atoms with Gasteiger partial charge < -0.3 is 4.74 Å². The SMILES string of the molecule is CCS(=O)(=O)O.COC(=O)CC[C@@H]1N=C(c2ccccn2)c2cc(Br)ccc2-n2c(C)cnc21. The van der Waals surface area contributed by atoms with Crippen molar-refractivity contribution >= 4 is 37.7 Å². The number of esters is 1. The van der Waals surface area contributed by atoms with E-state index in [2.05, 4.69) is 42.6 Å². The lowest BCUT2D eigenvalue weighted by Gasteiger charge is -2.14. The largest absolute Gasteiger partial charge is 0.469 e. The summed E-state index contributed by atoms with van der Waals surface area (Å²) in [6.45, 7) is 3.39. The smallest absolute Gasteiger partial charge is 0.305 e. The maximum absolute atomic E-state index is 11.8. The van der Waals surface area contributed by atoms with Crippen molar-refractivity contribution in [2.75, 3.05) is 12.9 Å². The Balaban J connectivity index is 0.000000481. The molecule has 4 rings (SSSR count). The highest BCUT2D eigenvalue weighted by atomic mass is 79.9. The highest BCUT2D eigenvalue weighted by Gasteiger charge is 2.28. The molecule has 3 aromatic rings. The summed E-state index contributed by atoms with van der Waals surface area (Å²) in [5, 5.41) is 0. The van der Waals surface area contributed by atoms with Crippen molar-refractivity contribution in [3.63, 3.8) is 0 Å². The summed E-state index contributed by atoms with van der Waals surface area (Å²) >= 11 is 3.58. The van der Waals surface area contributed by atoms with Gasteiger partial charge >= 0.3 is 5.97 Å². The molecule has 0 aliphatic carbocycles. The third kappa shape index (κ3) is 6.16. The van der Waals surface area contributed by atoms with E-state index in [4.69, 9.17) is 14.3 Å². The Morgan fingerprint density at radius 3 is 2.59 bits per heavy atom. The Labute approximate surface area is 206 Å². The van der Waals surface area contributed by atoms with Gasteiger partial charge in [0, 0.05) is 34.5 Å². The molecule has 9 nitrogen and oxygen atoms in total. The van der Waals surface area contributed by atoms with Gasteiger partial charge in [0.05, 0.1) is 30.0 Å². The summed E-state index contributed by atoms with van der Waals surface area (Å²) in [7, 11) is -2.26.